The van der Waals surface area contributed by atoms with E-state index in [1.54, 1.807) is 55.6 Å². The molecule has 0 saturated carbocycles. The van der Waals surface area contributed by atoms with E-state index in [0.717, 1.165) is 11.8 Å². The van der Waals surface area contributed by atoms with Crippen molar-refractivity contribution in [1.82, 2.24) is 4.90 Å². The number of nitrogens with one attached hydrogen (secondary N) is 2. The zero-order chi connectivity index (χ0) is 29.5. The number of nitrogens with zero attached hydrogens (tertiary/aromatic N) is 1. The van der Waals surface area contributed by atoms with Gasteiger partial charge >= 0.3 is 0 Å². The zero-order valence-electron chi connectivity index (χ0n) is 22.5. The van der Waals surface area contributed by atoms with Crippen molar-refractivity contribution in [2.45, 2.75) is 11.3 Å². The van der Waals surface area contributed by atoms with E-state index in [1.807, 2.05) is 0 Å². The molecule has 0 saturated heterocycles. The van der Waals surface area contributed by atoms with Gasteiger partial charge in [-0.25, -0.2) is 0 Å². The van der Waals surface area contributed by atoms with Gasteiger partial charge in [-0.15, -0.1) is 0 Å². The smallest absolute Gasteiger partial charge is 0.278 e. The van der Waals surface area contributed by atoms with Crippen molar-refractivity contribution in [1.29, 1.82) is 0 Å². The van der Waals surface area contributed by atoms with Gasteiger partial charge in [0.15, 0.2) is 0 Å². The van der Waals surface area contributed by atoms with Gasteiger partial charge in [0.1, 0.15) is 22.1 Å². The van der Waals surface area contributed by atoms with Crippen LogP contribution in [0.15, 0.2) is 76.2 Å². The van der Waals surface area contributed by atoms with Crippen LogP contribution in [0.25, 0.3) is 0 Å². The van der Waals surface area contributed by atoms with Crippen LogP contribution in [-0.2, 0) is 14.3 Å². The number of imide groups is 1. The van der Waals surface area contributed by atoms with E-state index in [0.29, 0.717) is 45.8 Å². The molecule has 12 heteroatoms. The molecule has 2 N–H and O–H groups in total. The number of hydrogen-bond acceptors (Lipinski definition) is 8. The molecular formula is C29H27Cl2N3O6S. The third-order valence-corrected chi connectivity index (χ3v) is 7.63. The number of carbonyl (C=O) groups excluding carboxylic acids is 3. The molecule has 0 atom stereocenters. The van der Waals surface area contributed by atoms with E-state index in [-0.39, 0.29) is 27.7 Å². The first-order chi connectivity index (χ1) is 19.7. The Hall–Kier alpha value is -3.70. The molecule has 0 aliphatic carbocycles. The van der Waals surface area contributed by atoms with Gasteiger partial charge in [0, 0.05) is 41.9 Å². The topological polar surface area (TPSA) is 106 Å². The van der Waals surface area contributed by atoms with E-state index >= 15 is 0 Å². The van der Waals surface area contributed by atoms with Gasteiger partial charge in [0.25, 0.3) is 17.7 Å². The molecule has 0 bridgehead atoms. The van der Waals surface area contributed by atoms with Crippen LogP contribution in [0, 0.1) is 0 Å². The predicted molar refractivity (Wildman–Crippen MR) is 160 cm³/mol. The Labute approximate surface area is 251 Å². The molecular weight excluding hydrogens is 589 g/mol. The normalized spacial score (nSPS) is 13.0. The summed E-state index contributed by atoms with van der Waals surface area (Å²) in [7, 11) is 4.60. The minimum absolute atomic E-state index is 0.114. The van der Waals surface area contributed by atoms with Gasteiger partial charge in [-0.1, -0.05) is 41.0 Å². The molecule has 214 valence electrons. The first kappa shape index (κ1) is 30.3. The van der Waals surface area contributed by atoms with Crippen molar-refractivity contribution in [3.8, 4) is 11.5 Å². The van der Waals surface area contributed by atoms with Crippen LogP contribution in [0.1, 0.15) is 16.8 Å². The highest BCUT2D eigenvalue weighted by molar-refractivity contribution is 8.04. The van der Waals surface area contributed by atoms with Gasteiger partial charge in [-0.05, 0) is 55.0 Å². The van der Waals surface area contributed by atoms with E-state index in [2.05, 4.69) is 10.6 Å². The Balaban J connectivity index is 1.63. The van der Waals surface area contributed by atoms with Gasteiger partial charge in [0.05, 0.1) is 30.5 Å². The molecule has 0 aromatic heterocycles. The number of halogens is 2. The summed E-state index contributed by atoms with van der Waals surface area (Å²) in [5.41, 5.74) is 1.34. The van der Waals surface area contributed by atoms with Crippen molar-refractivity contribution in [3.05, 3.63) is 86.9 Å². The van der Waals surface area contributed by atoms with Crippen molar-refractivity contribution in [2.75, 3.05) is 45.1 Å². The lowest BCUT2D eigenvalue weighted by molar-refractivity contribution is -0.137. The third kappa shape index (κ3) is 7.15. The summed E-state index contributed by atoms with van der Waals surface area (Å²) in [5, 5.41) is 6.55. The lowest BCUT2D eigenvalue weighted by Crippen LogP contribution is -2.33. The number of rotatable bonds is 12. The minimum Gasteiger partial charge on any atom is -0.497 e. The molecule has 1 aliphatic rings. The number of thioether (sulfide) groups is 1. The highest BCUT2D eigenvalue weighted by atomic mass is 35.5. The van der Waals surface area contributed by atoms with Crippen molar-refractivity contribution < 1.29 is 28.6 Å². The summed E-state index contributed by atoms with van der Waals surface area (Å²) >= 11 is 13.2. The lowest BCUT2D eigenvalue weighted by Gasteiger charge is -2.15. The second-order valence-electron chi connectivity index (χ2n) is 8.71. The fraction of sp³-hybridized carbons (Fsp3) is 0.207. The Morgan fingerprint density at radius 2 is 1.76 bits per heavy atom. The Morgan fingerprint density at radius 1 is 0.951 bits per heavy atom. The largest absolute Gasteiger partial charge is 0.497 e. The number of benzene rings is 3. The van der Waals surface area contributed by atoms with Crippen molar-refractivity contribution in [3.63, 3.8) is 0 Å². The number of carbonyl (C=O) groups is 3. The molecule has 3 amide bonds. The van der Waals surface area contributed by atoms with Gasteiger partial charge in [0.2, 0.25) is 0 Å². The van der Waals surface area contributed by atoms with Crippen LogP contribution >= 0.6 is 35.0 Å². The van der Waals surface area contributed by atoms with Gasteiger partial charge in [-0.2, -0.15) is 0 Å². The maximum absolute atomic E-state index is 13.5. The summed E-state index contributed by atoms with van der Waals surface area (Å²) < 4.78 is 15.8. The number of anilines is 2. The number of methoxy groups -OCH3 is 3. The predicted octanol–water partition coefficient (Wildman–Crippen LogP) is 6.08. The van der Waals surface area contributed by atoms with Gasteiger partial charge < -0.3 is 24.8 Å². The lowest BCUT2D eigenvalue weighted by atomic mass is 10.2. The highest BCUT2D eigenvalue weighted by Gasteiger charge is 2.39. The number of amides is 3. The summed E-state index contributed by atoms with van der Waals surface area (Å²) in [5.74, 6) is -0.310. The molecule has 41 heavy (non-hydrogen) atoms. The third-order valence-electron chi connectivity index (χ3n) is 6.01. The first-order valence-electron chi connectivity index (χ1n) is 12.4. The van der Waals surface area contributed by atoms with Crippen LogP contribution in [0.4, 0.5) is 11.4 Å². The molecule has 0 fully saturated rings. The van der Waals surface area contributed by atoms with E-state index in [9.17, 15) is 14.4 Å². The highest BCUT2D eigenvalue weighted by Crippen LogP contribution is 2.39. The average molecular weight is 617 g/mol. The van der Waals surface area contributed by atoms with Crippen LogP contribution < -0.4 is 20.1 Å². The van der Waals surface area contributed by atoms with E-state index in [1.165, 1.54) is 31.3 Å². The first-order valence-corrected chi connectivity index (χ1v) is 14.0. The molecule has 3 aromatic rings. The Morgan fingerprint density at radius 3 is 2.46 bits per heavy atom. The van der Waals surface area contributed by atoms with Crippen LogP contribution in [0.3, 0.4) is 0 Å². The molecule has 4 rings (SSSR count). The van der Waals surface area contributed by atoms with Crippen LogP contribution in [-0.4, -0.2) is 57.1 Å². The number of ether oxygens (including phenoxy) is 3. The van der Waals surface area contributed by atoms with E-state index < -0.39 is 17.7 Å². The fourth-order valence-corrected chi connectivity index (χ4v) is 5.49. The summed E-state index contributed by atoms with van der Waals surface area (Å²) in [6.07, 6.45) is 0.486. The average Bonchev–Trinajstić information content (AvgIpc) is 3.17. The molecule has 0 spiro atoms. The minimum atomic E-state index is -0.465. The Kier molecular flexibility index (Phi) is 10.2. The second-order valence-corrected chi connectivity index (χ2v) is 10.6. The SMILES string of the molecule is COCCCN1C(=O)C(Nc2ccc(OC)cc2OC)=C(Sc2cccc(NC(=O)c3ccc(Cl)cc3Cl)c2)C1=O. The van der Waals surface area contributed by atoms with Crippen LogP contribution in [0.5, 0.6) is 11.5 Å². The fourth-order valence-electron chi connectivity index (χ4n) is 3.99. The molecule has 3 aromatic carbocycles. The molecule has 1 aliphatic heterocycles. The number of hydrogen-bond donors (Lipinski definition) is 2. The molecule has 0 unspecified atom stereocenters. The molecule has 9 nitrogen and oxygen atoms in total. The zero-order valence-corrected chi connectivity index (χ0v) is 24.8. The van der Waals surface area contributed by atoms with Crippen molar-refractivity contribution >= 4 is 64.1 Å². The standard InChI is InChI=1S/C29H27Cl2N3O6S/c1-38-13-5-12-34-28(36)25(33-23-11-9-19(39-2)16-24(23)40-3)26(29(34)37)41-20-7-4-6-18(15-20)32-27(35)21-10-8-17(30)14-22(21)31/h4,6-11,14-16,33H,5,12-13H2,1-3H3,(H,32,35). The quantitative estimate of drug-likeness (QED) is 0.186. The van der Waals surface area contributed by atoms with Gasteiger partial charge in [-0.3, -0.25) is 19.3 Å². The van der Waals surface area contributed by atoms with Crippen LogP contribution in [0.2, 0.25) is 10.0 Å². The summed E-state index contributed by atoms with van der Waals surface area (Å²) in [6, 6.07) is 16.6. The summed E-state index contributed by atoms with van der Waals surface area (Å²) in [4.78, 5) is 41.8. The monoisotopic (exact) mass is 615 g/mol. The maximum atomic E-state index is 13.5. The summed E-state index contributed by atoms with van der Waals surface area (Å²) in [6.45, 7) is 0.590. The maximum Gasteiger partial charge on any atom is 0.278 e. The molecule has 1 heterocycles. The Bertz CT molecular complexity index is 1510. The van der Waals surface area contributed by atoms with E-state index in [4.69, 9.17) is 37.4 Å². The molecule has 0 radical (unpaired) electrons. The second kappa shape index (κ2) is 13.8. The van der Waals surface area contributed by atoms with Crippen molar-refractivity contribution in [2.24, 2.45) is 0 Å².